The number of halogens is 2. The van der Waals surface area contributed by atoms with Gasteiger partial charge in [0, 0.05) is 26.2 Å². The predicted molar refractivity (Wildman–Crippen MR) is 84.8 cm³/mol. The Hall–Kier alpha value is -2.74. The average Bonchev–Trinajstić information content (AvgIpc) is 3.10. The molecule has 0 atom stereocenters. The summed E-state index contributed by atoms with van der Waals surface area (Å²) in [5.41, 5.74) is 5.27. The molecular weight excluding hydrogens is 332 g/mol. The minimum absolute atomic E-state index is 0.194. The first-order valence-electron chi connectivity index (χ1n) is 7.81. The van der Waals surface area contributed by atoms with E-state index >= 15 is 0 Å². The highest BCUT2D eigenvalue weighted by atomic mass is 19.1. The first-order chi connectivity index (χ1) is 12.0. The van der Waals surface area contributed by atoms with Crippen molar-refractivity contribution in [3.8, 4) is 0 Å². The number of hydrogen-bond acceptors (Lipinski definition) is 4. The zero-order valence-electron chi connectivity index (χ0n) is 13.4. The molecule has 1 aliphatic rings. The molecule has 132 valence electrons. The molecule has 1 aromatic heterocycles. The second kappa shape index (κ2) is 7.02. The molecule has 0 bridgehead atoms. The van der Waals surface area contributed by atoms with Crippen molar-refractivity contribution < 1.29 is 22.8 Å². The molecule has 2 aromatic rings. The summed E-state index contributed by atoms with van der Waals surface area (Å²) in [4.78, 5) is 27.6. The lowest BCUT2D eigenvalue weighted by atomic mass is 10.1. The average molecular weight is 349 g/mol. The first kappa shape index (κ1) is 17.1. The van der Waals surface area contributed by atoms with Gasteiger partial charge in [0.1, 0.15) is 29.2 Å². The summed E-state index contributed by atoms with van der Waals surface area (Å²) in [5.74, 6) is -2.22. The highest BCUT2D eigenvalue weighted by Gasteiger charge is 2.28. The summed E-state index contributed by atoms with van der Waals surface area (Å²) in [6, 6.07) is 4.88. The number of carbonyl (C=O) groups excluding carboxylic acids is 2. The zero-order chi connectivity index (χ0) is 18.0. The van der Waals surface area contributed by atoms with Crippen LogP contribution < -0.4 is 5.73 Å². The van der Waals surface area contributed by atoms with Gasteiger partial charge in [-0.1, -0.05) is 6.07 Å². The van der Waals surface area contributed by atoms with Crippen molar-refractivity contribution in [2.45, 2.75) is 6.54 Å². The van der Waals surface area contributed by atoms with Crippen molar-refractivity contribution in [1.82, 2.24) is 9.80 Å². The van der Waals surface area contributed by atoms with Crippen molar-refractivity contribution in [3.05, 3.63) is 59.1 Å². The van der Waals surface area contributed by atoms with E-state index in [1.54, 1.807) is 11.0 Å². The molecule has 1 saturated heterocycles. The Kier molecular flexibility index (Phi) is 4.80. The second-order valence-corrected chi connectivity index (χ2v) is 5.69. The van der Waals surface area contributed by atoms with Crippen molar-refractivity contribution in [1.29, 1.82) is 0 Å². The molecule has 8 heteroatoms. The van der Waals surface area contributed by atoms with Gasteiger partial charge in [-0.2, -0.15) is 0 Å². The van der Waals surface area contributed by atoms with Crippen LogP contribution in [0.3, 0.4) is 0 Å². The number of rotatable bonds is 3. The maximum absolute atomic E-state index is 13.7. The number of benzene rings is 1. The number of piperazine rings is 1. The van der Waals surface area contributed by atoms with Gasteiger partial charge >= 0.3 is 0 Å². The Bertz CT molecular complexity index is 778. The third-order valence-corrected chi connectivity index (χ3v) is 4.13. The van der Waals surface area contributed by atoms with Crippen LogP contribution in [-0.4, -0.2) is 47.8 Å². The van der Waals surface area contributed by atoms with E-state index in [2.05, 4.69) is 0 Å². The fourth-order valence-electron chi connectivity index (χ4n) is 2.76. The maximum Gasteiger partial charge on any atom is 0.259 e. The Morgan fingerprint density at radius 3 is 2.12 bits per heavy atom. The van der Waals surface area contributed by atoms with Gasteiger partial charge in [0.05, 0.1) is 12.1 Å². The molecular formula is C17H17F2N3O3. The van der Waals surface area contributed by atoms with E-state index in [4.69, 9.17) is 10.2 Å². The van der Waals surface area contributed by atoms with Crippen LogP contribution in [0.2, 0.25) is 0 Å². The lowest BCUT2D eigenvalue weighted by Gasteiger charge is -2.34. The Morgan fingerprint density at radius 2 is 1.60 bits per heavy atom. The van der Waals surface area contributed by atoms with E-state index in [0.717, 1.165) is 12.1 Å². The van der Waals surface area contributed by atoms with Gasteiger partial charge in [-0.25, -0.2) is 8.78 Å². The number of furan rings is 1. The molecule has 6 nitrogen and oxygen atoms in total. The van der Waals surface area contributed by atoms with Crippen LogP contribution in [-0.2, 0) is 6.54 Å². The number of carbonyl (C=O) groups is 2. The lowest BCUT2D eigenvalue weighted by Crippen LogP contribution is -2.50. The molecule has 0 aliphatic carbocycles. The van der Waals surface area contributed by atoms with Crippen molar-refractivity contribution in [2.75, 3.05) is 26.2 Å². The summed E-state index contributed by atoms with van der Waals surface area (Å²) < 4.78 is 32.6. The van der Waals surface area contributed by atoms with Crippen molar-refractivity contribution in [2.24, 2.45) is 5.73 Å². The molecule has 1 aromatic carbocycles. The number of nitrogens with zero attached hydrogens (tertiary/aromatic N) is 2. The molecule has 1 fully saturated rings. The smallest absolute Gasteiger partial charge is 0.259 e. The molecule has 2 amide bonds. The van der Waals surface area contributed by atoms with Crippen molar-refractivity contribution in [3.63, 3.8) is 0 Å². The standard InChI is InChI=1S/C17H17F2N3O3/c18-13-2-1-3-14(19)15(13)17(24)22-6-4-21(5-7-22)16(23)11-8-12(9-20)25-10-11/h1-3,8,10H,4-7,9,20H2. The Balaban J connectivity index is 1.65. The topological polar surface area (TPSA) is 79.8 Å². The predicted octanol–water partition coefficient (Wildman–Crippen LogP) is 1.61. The highest BCUT2D eigenvalue weighted by Crippen LogP contribution is 2.17. The number of amides is 2. The molecule has 25 heavy (non-hydrogen) atoms. The van der Waals surface area contributed by atoms with Crippen LogP contribution in [0.5, 0.6) is 0 Å². The zero-order valence-corrected chi connectivity index (χ0v) is 13.4. The normalized spacial score (nSPS) is 14.7. The molecule has 2 heterocycles. The molecule has 0 spiro atoms. The molecule has 2 N–H and O–H groups in total. The van der Waals surface area contributed by atoms with E-state index in [1.807, 2.05) is 0 Å². The van der Waals surface area contributed by atoms with Crippen LogP contribution in [0.1, 0.15) is 26.5 Å². The van der Waals surface area contributed by atoms with Gasteiger partial charge in [0.15, 0.2) is 0 Å². The Labute approximate surface area is 142 Å². The number of hydrogen-bond donors (Lipinski definition) is 1. The molecule has 3 rings (SSSR count). The van der Waals surface area contributed by atoms with Crippen LogP contribution in [0, 0.1) is 11.6 Å². The summed E-state index contributed by atoms with van der Waals surface area (Å²) in [6.07, 6.45) is 1.34. The highest BCUT2D eigenvalue weighted by molar-refractivity contribution is 5.96. The van der Waals surface area contributed by atoms with Gasteiger partial charge in [-0.15, -0.1) is 0 Å². The van der Waals surface area contributed by atoms with Crippen LogP contribution >= 0.6 is 0 Å². The molecule has 0 radical (unpaired) electrons. The lowest BCUT2D eigenvalue weighted by molar-refractivity contribution is 0.0529. The summed E-state index contributed by atoms with van der Waals surface area (Å²) >= 11 is 0. The van der Waals surface area contributed by atoms with Gasteiger partial charge in [-0.3, -0.25) is 9.59 Å². The fourth-order valence-corrected chi connectivity index (χ4v) is 2.76. The van der Waals surface area contributed by atoms with Crippen LogP contribution in [0.4, 0.5) is 8.78 Å². The van der Waals surface area contributed by atoms with E-state index in [9.17, 15) is 18.4 Å². The minimum Gasteiger partial charge on any atom is -0.467 e. The van der Waals surface area contributed by atoms with Gasteiger partial charge in [0.25, 0.3) is 11.8 Å². The third-order valence-electron chi connectivity index (χ3n) is 4.13. The largest absolute Gasteiger partial charge is 0.467 e. The molecule has 1 aliphatic heterocycles. The third kappa shape index (κ3) is 3.39. The van der Waals surface area contributed by atoms with E-state index in [-0.39, 0.29) is 38.6 Å². The molecule has 0 saturated carbocycles. The van der Waals surface area contributed by atoms with Gasteiger partial charge < -0.3 is 20.0 Å². The van der Waals surface area contributed by atoms with Crippen molar-refractivity contribution >= 4 is 11.8 Å². The van der Waals surface area contributed by atoms with E-state index in [0.29, 0.717) is 11.3 Å². The maximum atomic E-state index is 13.7. The number of nitrogens with two attached hydrogens (primary N) is 1. The van der Waals surface area contributed by atoms with Crippen LogP contribution in [0.15, 0.2) is 34.9 Å². The monoisotopic (exact) mass is 349 g/mol. The minimum atomic E-state index is -0.892. The van der Waals surface area contributed by atoms with E-state index in [1.165, 1.54) is 17.2 Å². The summed E-state index contributed by atoms with van der Waals surface area (Å²) in [6.45, 7) is 1.12. The first-order valence-corrected chi connectivity index (χ1v) is 7.81. The molecule has 0 unspecified atom stereocenters. The van der Waals surface area contributed by atoms with Crippen LogP contribution in [0.25, 0.3) is 0 Å². The van der Waals surface area contributed by atoms with Gasteiger partial charge in [-0.05, 0) is 18.2 Å². The SMILES string of the molecule is NCc1cc(C(=O)N2CCN(C(=O)c3c(F)cccc3F)CC2)co1. The van der Waals surface area contributed by atoms with E-state index < -0.39 is 23.1 Å². The fraction of sp³-hybridized carbons (Fsp3) is 0.294. The van der Waals surface area contributed by atoms with Gasteiger partial charge in [0.2, 0.25) is 0 Å². The second-order valence-electron chi connectivity index (χ2n) is 5.69. The summed E-state index contributed by atoms with van der Waals surface area (Å²) in [5, 5.41) is 0. The quantitative estimate of drug-likeness (QED) is 0.913. The Morgan fingerprint density at radius 1 is 1.04 bits per heavy atom. The summed E-state index contributed by atoms with van der Waals surface area (Å²) in [7, 11) is 0.